The maximum Gasteiger partial charge on any atom is 0.416 e. The lowest BCUT2D eigenvalue weighted by molar-refractivity contribution is -0.137. The fraction of sp³-hybridized carbons (Fsp3) is 0.395. The Kier molecular flexibility index (Phi) is 12.2. The molecule has 2 amide bonds. The van der Waals surface area contributed by atoms with Crippen LogP contribution < -0.4 is 15.5 Å². The molecular weight excluding hydrogens is 643 g/mol. The molecule has 2 N–H and O–H groups in total. The fourth-order valence-electron chi connectivity index (χ4n) is 5.97. The Hall–Kier alpha value is -4.86. The van der Waals surface area contributed by atoms with E-state index in [0.717, 1.165) is 82.9 Å². The molecule has 50 heavy (non-hydrogen) atoms. The molecule has 1 saturated heterocycles. The molecular formula is C38H44F3N7O2. The number of hydrogen-bond donors (Lipinski definition) is 2. The minimum atomic E-state index is -4.50. The first kappa shape index (κ1) is 36.4. The molecule has 0 saturated carbocycles. The molecule has 1 unspecified atom stereocenters. The quantitative estimate of drug-likeness (QED) is 0.201. The van der Waals surface area contributed by atoms with Crippen LogP contribution >= 0.6 is 0 Å². The Morgan fingerprint density at radius 3 is 2.48 bits per heavy atom. The minimum Gasteiger partial charge on any atom is -0.372 e. The van der Waals surface area contributed by atoms with Crippen molar-refractivity contribution >= 4 is 29.0 Å². The molecule has 12 heteroatoms. The molecule has 1 aromatic heterocycles. The summed E-state index contributed by atoms with van der Waals surface area (Å²) < 4.78 is 41.1. The molecule has 3 aromatic rings. The number of hydrogen-bond acceptors (Lipinski definition) is 6. The maximum absolute atomic E-state index is 13.8. The summed E-state index contributed by atoms with van der Waals surface area (Å²) >= 11 is 0. The summed E-state index contributed by atoms with van der Waals surface area (Å²) in [4.78, 5) is 34.1. The van der Waals surface area contributed by atoms with Gasteiger partial charge in [0.2, 0.25) is 0 Å². The van der Waals surface area contributed by atoms with Crippen LogP contribution in [-0.2, 0) is 11.0 Å². The average molecular weight is 688 g/mol. The van der Waals surface area contributed by atoms with Crippen LogP contribution in [0.2, 0.25) is 0 Å². The number of halogens is 3. The number of rotatable bonds is 13. The summed E-state index contributed by atoms with van der Waals surface area (Å²) in [5.41, 5.74) is 1.05. The molecule has 0 radical (unpaired) electrons. The number of amides is 2. The van der Waals surface area contributed by atoms with Gasteiger partial charge in [-0.3, -0.25) is 9.59 Å². The number of carbonyl (C=O) groups excluding carboxylic acids is 2. The van der Waals surface area contributed by atoms with E-state index in [1.807, 2.05) is 18.2 Å². The van der Waals surface area contributed by atoms with Gasteiger partial charge in [-0.2, -0.15) is 18.3 Å². The summed E-state index contributed by atoms with van der Waals surface area (Å²) in [6.45, 7) is 10.7. The van der Waals surface area contributed by atoms with Crippen molar-refractivity contribution in [1.29, 1.82) is 0 Å². The topological polar surface area (TPSA) is 85.7 Å². The molecule has 2 aromatic carbocycles. The van der Waals surface area contributed by atoms with Crippen molar-refractivity contribution in [2.45, 2.75) is 39.3 Å². The first-order valence-electron chi connectivity index (χ1n) is 17.1. The molecule has 1 atom stereocenters. The molecule has 5 rings (SSSR count). The van der Waals surface area contributed by atoms with Gasteiger partial charge < -0.3 is 25.3 Å². The molecule has 9 nitrogen and oxygen atoms in total. The number of likely N-dealkylation sites (N-methyl/N-ethyl adjacent to an activating group) is 2. The van der Waals surface area contributed by atoms with Gasteiger partial charge in [0.1, 0.15) is 0 Å². The van der Waals surface area contributed by atoms with Crippen molar-refractivity contribution in [2.24, 2.45) is 5.92 Å². The number of allylic oxidation sites excluding steroid dienone is 2. The second-order valence-electron chi connectivity index (χ2n) is 12.5. The van der Waals surface area contributed by atoms with Crippen molar-refractivity contribution < 1.29 is 22.8 Å². The average Bonchev–Trinajstić information content (AvgIpc) is 3.45. The van der Waals surface area contributed by atoms with Crippen LogP contribution in [0.3, 0.4) is 0 Å². The van der Waals surface area contributed by atoms with E-state index in [1.165, 1.54) is 29.1 Å². The summed E-state index contributed by atoms with van der Waals surface area (Å²) in [5.74, 6) is 5.38. The Labute approximate surface area is 291 Å². The number of carbonyl (C=O) groups is 2. The standard InChI is InChI=1S/C38H44F3N7O2/c1-4-46(5-2)24-23-45(3)27-28-11-9-12-29(16-15-28)36(49)42-34-18-17-31(47-20-7-6-8-21-47)26-33(34)37(50)43-35-19-22-48(44-35)32-14-10-13-30(25-32)38(39,40)41/h9-14,17-19,22,25-26,28H,4-8,20-21,23-24,27H2,1-3H3,(H,42,49)(H,43,44,50). The number of anilines is 3. The van der Waals surface area contributed by atoms with E-state index in [-0.39, 0.29) is 28.6 Å². The second-order valence-corrected chi connectivity index (χ2v) is 12.5. The highest BCUT2D eigenvalue weighted by atomic mass is 19.4. The number of alkyl halides is 3. The maximum atomic E-state index is 13.8. The van der Waals surface area contributed by atoms with E-state index >= 15 is 0 Å². The predicted molar refractivity (Wildman–Crippen MR) is 191 cm³/mol. The van der Waals surface area contributed by atoms with Gasteiger partial charge >= 0.3 is 6.18 Å². The zero-order chi connectivity index (χ0) is 35.7. The Bertz CT molecular complexity index is 1780. The summed E-state index contributed by atoms with van der Waals surface area (Å²) in [6, 6.07) is 11.6. The highest BCUT2D eigenvalue weighted by Gasteiger charge is 2.30. The number of piperidine rings is 1. The third-order valence-electron chi connectivity index (χ3n) is 8.93. The van der Waals surface area contributed by atoms with E-state index in [2.05, 4.69) is 63.2 Å². The van der Waals surface area contributed by atoms with Gasteiger partial charge in [0.25, 0.3) is 11.8 Å². The molecule has 2 aliphatic rings. The Balaban J connectivity index is 1.31. The van der Waals surface area contributed by atoms with Crippen LogP contribution in [0.5, 0.6) is 0 Å². The van der Waals surface area contributed by atoms with E-state index in [9.17, 15) is 22.8 Å². The smallest absolute Gasteiger partial charge is 0.372 e. The van der Waals surface area contributed by atoms with Crippen molar-refractivity contribution in [2.75, 3.05) is 68.4 Å². The SMILES string of the molecule is CCN(CC)CCN(C)CC1C#CC(C(=O)Nc2ccc(N3CCCCC3)cc2C(=O)Nc2ccn(-c3cccc(C(F)(F)F)c3)n2)=CC=C1. The van der Waals surface area contributed by atoms with Crippen LogP contribution in [0, 0.1) is 17.8 Å². The van der Waals surface area contributed by atoms with Crippen molar-refractivity contribution in [3.05, 3.63) is 89.7 Å². The van der Waals surface area contributed by atoms with Gasteiger partial charge in [-0.1, -0.05) is 43.9 Å². The van der Waals surface area contributed by atoms with Crippen molar-refractivity contribution in [3.8, 4) is 17.5 Å². The van der Waals surface area contributed by atoms with Crippen LogP contribution in [0.15, 0.2) is 78.5 Å². The zero-order valence-corrected chi connectivity index (χ0v) is 28.8. The van der Waals surface area contributed by atoms with E-state index in [4.69, 9.17) is 0 Å². The van der Waals surface area contributed by atoms with E-state index in [1.54, 1.807) is 18.2 Å². The molecule has 1 fully saturated rings. The molecule has 1 aliphatic carbocycles. The van der Waals surface area contributed by atoms with E-state index < -0.39 is 23.6 Å². The van der Waals surface area contributed by atoms with Gasteiger partial charge in [0, 0.05) is 50.7 Å². The third kappa shape index (κ3) is 9.64. The highest BCUT2D eigenvalue weighted by molar-refractivity contribution is 6.13. The van der Waals surface area contributed by atoms with Crippen LogP contribution in [0.1, 0.15) is 49.0 Å². The van der Waals surface area contributed by atoms with Gasteiger partial charge in [-0.15, -0.1) is 0 Å². The molecule has 0 spiro atoms. The Morgan fingerprint density at radius 1 is 0.960 bits per heavy atom. The lowest BCUT2D eigenvalue weighted by atomic mass is 10.1. The molecule has 1 aliphatic heterocycles. The van der Waals surface area contributed by atoms with Gasteiger partial charge in [-0.05, 0) is 81.9 Å². The molecule has 264 valence electrons. The van der Waals surface area contributed by atoms with Crippen LogP contribution in [0.4, 0.5) is 30.4 Å². The van der Waals surface area contributed by atoms with E-state index in [0.29, 0.717) is 5.69 Å². The van der Waals surface area contributed by atoms with Crippen molar-refractivity contribution in [3.63, 3.8) is 0 Å². The monoisotopic (exact) mass is 687 g/mol. The fourth-order valence-corrected chi connectivity index (χ4v) is 5.97. The zero-order valence-electron chi connectivity index (χ0n) is 28.8. The predicted octanol–water partition coefficient (Wildman–Crippen LogP) is 6.46. The first-order chi connectivity index (χ1) is 24.0. The first-order valence-corrected chi connectivity index (χ1v) is 17.1. The number of aromatic nitrogens is 2. The summed E-state index contributed by atoms with van der Waals surface area (Å²) in [6.07, 6.45) is 5.70. The van der Waals surface area contributed by atoms with Crippen LogP contribution in [-0.4, -0.2) is 84.3 Å². The lowest BCUT2D eigenvalue weighted by Gasteiger charge is -2.29. The highest BCUT2D eigenvalue weighted by Crippen LogP contribution is 2.31. The largest absolute Gasteiger partial charge is 0.416 e. The number of benzene rings is 2. The Morgan fingerprint density at radius 2 is 1.74 bits per heavy atom. The second kappa shape index (κ2) is 16.7. The summed E-state index contributed by atoms with van der Waals surface area (Å²) in [5, 5.41) is 9.93. The van der Waals surface area contributed by atoms with Crippen LogP contribution in [0.25, 0.3) is 5.69 Å². The van der Waals surface area contributed by atoms with Gasteiger partial charge in [0.05, 0.1) is 34.0 Å². The number of nitrogens with zero attached hydrogens (tertiary/aromatic N) is 5. The lowest BCUT2D eigenvalue weighted by Crippen LogP contribution is -2.35. The van der Waals surface area contributed by atoms with Gasteiger partial charge in [0.15, 0.2) is 5.82 Å². The third-order valence-corrected chi connectivity index (χ3v) is 8.93. The number of nitrogens with one attached hydrogen (secondary N) is 2. The van der Waals surface area contributed by atoms with Crippen molar-refractivity contribution in [1.82, 2.24) is 19.6 Å². The molecule has 2 heterocycles. The molecule has 0 bridgehead atoms. The summed E-state index contributed by atoms with van der Waals surface area (Å²) in [7, 11) is 2.07. The normalized spacial score (nSPS) is 16.1. The minimum absolute atomic E-state index is 0.0424. The van der Waals surface area contributed by atoms with Gasteiger partial charge in [-0.25, -0.2) is 4.68 Å².